The highest BCUT2D eigenvalue weighted by atomic mass is 35.5. The van der Waals surface area contributed by atoms with Crippen molar-refractivity contribution in [1.82, 2.24) is 0 Å². The van der Waals surface area contributed by atoms with Crippen molar-refractivity contribution < 1.29 is 13.5 Å². The Morgan fingerprint density at radius 3 is 2.63 bits per heavy atom. The van der Waals surface area contributed by atoms with E-state index in [9.17, 15) is 8.78 Å². The maximum Gasteiger partial charge on any atom is 0.147 e. The van der Waals surface area contributed by atoms with Gasteiger partial charge >= 0.3 is 0 Å². The van der Waals surface area contributed by atoms with E-state index in [2.05, 4.69) is 5.32 Å². The van der Waals surface area contributed by atoms with Gasteiger partial charge in [0, 0.05) is 11.1 Å². The minimum absolute atomic E-state index is 0.0689. The lowest BCUT2D eigenvalue weighted by Crippen LogP contribution is -2.25. The fraction of sp³-hybridized carbons (Fsp3) is 0.143. The summed E-state index contributed by atoms with van der Waals surface area (Å²) in [5.41, 5.74) is 0.693. The van der Waals surface area contributed by atoms with Crippen LogP contribution >= 0.6 is 11.6 Å². The van der Waals surface area contributed by atoms with Crippen LogP contribution in [0.2, 0.25) is 5.02 Å². The van der Waals surface area contributed by atoms with Crippen molar-refractivity contribution in [2.75, 3.05) is 11.9 Å². The minimum Gasteiger partial charge on any atom is -0.481 e. The molecule has 3 rings (SSSR count). The molecule has 2 nitrogen and oxygen atoms in total. The van der Waals surface area contributed by atoms with Gasteiger partial charge in [-0.15, -0.1) is 0 Å². The van der Waals surface area contributed by atoms with Crippen molar-refractivity contribution in [3.8, 4) is 5.75 Å². The normalized spacial score (nSPS) is 17.3. The molecular formula is C14H10ClF2NO. The highest BCUT2D eigenvalue weighted by molar-refractivity contribution is 6.30. The maximum absolute atomic E-state index is 13.7. The smallest absolute Gasteiger partial charge is 0.147 e. The molecule has 1 heterocycles. The molecule has 0 spiro atoms. The first-order chi connectivity index (χ1) is 9.15. The Kier molecular flexibility index (Phi) is 3.03. The van der Waals surface area contributed by atoms with Gasteiger partial charge in [0.1, 0.15) is 23.5 Å². The maximum atomic E-state index is 13.7. The van der Waals surface area contributed by atoms with Crippen LogP contribution in [0.5, 0.6) is 5.75 Å². The summed E-state index contributed by atoms with van der Waals surface area (Å²) in [5.74, 6) is -0.735. The third kappa shape index (κ3) is 2.24. The largest absolute Gasteiger partial charge is 0.481 e. The average Bonchev–Trinajstić information content (AvgIpc) is 2.38. The monoisotopic (exact) mass is 281 g/mol. The second kappa shape index (κ2) is 4.70. The third-order valence-electron chi connectivity index (χ3n) is 3.01. The van der Waals surface area contributed by atoms with Gasteiger partial charge in [0.2, 0.25) is 0 Å². The molecule has 19 heavy (non-hydrogen) atoms. The van der Waals surface area contributed by atoms with Crippen LogP contribution in [0.3, 0.4) is 0 Å². The standard InChI is InChI=1S/C14H10ClF2NO/c15-8-4-5-11-12(6-8)19-13(7-18-11)14-9(16)2-1-3-10(14)17/h1-6,13,18H,7H2. The van der Waals surface area contributed by atoms with Crippen molar-refractivity contribution in [3.05, 3.63) is 58.6 Å². The number of ether oxygens (including phenoxy) is 1. The molecule has 0 bridgehead atoms. The number of hydrogen-bond donors (Lipinski definition) is 1. The molecule has 0 saturated heterocycles. The van der Waals surface area contributed by atoms with Crippen LogP contribution in [0.25, 0.3) is 0 Å². The van der Waals surface area contributed by atoms with E-state index in [0.717, 1.165) is 5.69 Å². The summed E-state index contributed by atoms with van der Waals surface area (Å²) in [5, 5.41) is 3.59. The first-order valence-electron chi connectivity index (χ1n) is 5.79. The van der Waals surface area contributed by atoms with E-state index in [1.807, 2.05) is 0 Å². The Balaban J connectivity index is 1.97. The number of fused-ring (bicyclic) bond motifs is 1. The summed E-state index contributed by atoms with van der Waals surface area (Å²) < 4.78 is 33.1. The van der Waals surface area contributed by atoms with E-state index in [-0.39, 0.29) is 5.56 Å². The summed E-state index contributed by atoms with van der Waals surface area (Å²) in [6.45, 7) is 0.298. The minimum atomic E-state index is -0.716. The molecule has 1 atom stereocenters. The summed E-state index contributed by atoms with van der Waals surface area (Å²) in [6.07, 6.45) is -0.716. The molecular weight excluding hydrogens is 272 g/mol. The molecule has 98 valence electrons. The zero-order valence-electron chi connectivity index (χ0n) is 9.79. The van der Waals surface area contributed by atoms with E-state index < -0.39 is 17.7 Å². The summed E-state index contributed by atoms with van der Waals surface area (Å²) in [7, 11) is 0. The molecule has 1 N–H and O–H groups in total. The second-order valence-electron chi connectivity index (χ2n) is 4.26. The van der Waals surface area contributed by atoms with Gasteiger partial charge in [-0.25, -0.2) is 8.78 Å². The summed E-state index contributed by atoms with van der Waals surface area (Å²) >= 11 is 5.88. The van der Waals surface area contributed by atoms with E-state index >= 15 is 0 Å². The Hall–Kier alpha value is -1.81. The van der Waals surface area contributed by atoms with Crippen molar-refractivity contribution in [2.24, 2.45) is 0 Å². The van der Waals surface area contributed by atoms with Gasteiger partial charge in [-0.05, 0) is 24.3 Å². The molecule has 0 saturated carbocycles. The molecule has 1 aliphatic rings. The second-order valence-corrected chi connectivity index (χ2v) is 4.70. The lowest BCUT2D eigenvalue weighted by molar-refractivity contribution is 0.200. The number of hydrogen-bond acceptors (Lipinski definition) is 2. The van der Waals surface area contributed by atoms with Crippen molar-refractivity contribution in [1.29, 1.82) is 0 Å². The topological polar surface area (TPSA) is 21.3 Å². The van der Waals surface area contributed by atoms with Crippen LogP contribution in [0.1, 0.15) is 11.7 Å². The SMILES string of the molecule is Fc1cccc(F)c1C1CNc2ccc(Cl)cc2O1. The number of halogens is 3. The number of benzene rings is 2. The van der Waals surface area contributed by atoms with Crippen LogP contribution in [-0.4, -0.2) is 6.54 Å². The first-order valence-corrected chi connectivity index (χ1v) is 6.17. The molecule has 5 heteroatoms. The van der Waals surface area contributed by atoms with Gasteiger partial charge in [0.05, 0.1) is 17.8 Å². The highest BCUT2D eigenvalue weighted by Gasteiger charge is 2.26. The van der Waals surface area contributed by atoms with Crippen molar-refractivity contribution in [3.63, 3.8) is 0 Å². The lowest BCUT2D eigenvalue weighted by atomic mass is 10.1. The van der Waals surface area contributed by atoms with Gasteiger partial charge in [0.15, 0.2) is 0 Å². The lowest BCUT2D eigenvalue weighted by Gasteiger charge is -2.28. The van der Waals surface area contributed by atoms with Gasteiger partial charge in [-0.1, -0.05) is 17.7 Å². The van der Waals surface area contributed by atoms with Crippen LogP contribution in [-0.2, 0) is 0 Å². The zero-order chi connectivity index (χ0) is 13.4. The van der Waals surface area contributed by atoms with E-state index in [1.165, 1.54) is 18.2 Å². The number of nitrogens with one attached hydrogen (secondary N) is 1. The Morgan fingerprint density at radius 1 is 1.16 bits per heavy atom. The molecule has 0 amide bonds. The predicted octanol–water partition coefficient (Wildman–Crippen LogP) is 4.16. The number of anilines is 1. The molecule has 2 aromatic rings. The van der Waals surface area contributed by atoms with Gasteiger partial charge in [-0.3, -0.25) is 0 Å². The highest BCUT2D eigenvalue weighted by Crippen LogP contribution is 2.37. The first kappa shape index (κ1) is 12.2. The van der Waals surface area contributed by atoms with Crippen molar-refractivity contribution >= 4 is 17.3 Å². The van der Waals surface area contributed by atoms with Crippen LogP contribution in [0.15, 0.2) is 36.4 Å². The number of rotatable bonds is 1. The van der Waals surface area contributed by atoms with Crippen LogP contribution in [0.4, 0.5) is 14.5 Å². The van der Waals surface area contributed by atoms with E-state index in [1.54, 1.807) is 18.2 Å². The quantitative estimate of drug-likeness (QED) is 0.847. The fourth-order valence-corrected chi connectivity index (χ4v) is 2.28. The fourth-order valence-electron chi connectivity index (χ4n) is 2.12. The predicted molar refractivity (Wildman–Crippen MR) is 69.7 cm³/mol. The third-order valence-corrected chi connectivity index (χ3v) is 3.25. The van der Waals surface area contributed by atoms with Gasteiger partial charge in [-0.2, -0.15) is 0 Å². The van der Waals surface area contributed by atoms with Crippen LogP contribution < -0.4 is 10.1 Å². The average molecular weight is 282 g/mol. The van der Waals surface area contributed by atoms with Crippen molar-refractivity contribution in [2.45, 2.75) is 6.10 Å². The molecule has 1 aliphatic heterocycles. The zero-order valence-corrected chi connectivity index (χ0v) is 10.5. The molecule has 1 unspecified atom stereocenters. The Morgan fingerprint density at radius 2 is 1.89 bits per heavy atom. The van der Waals surface area contributed by atoms with E-state index in [0.29, 0.717) is 17.3 Å². The molecule has 0 aliphatic carbocycles. The van der Waals surface area contributed by atoms with Gasteiger partial charge in [0.25, 0.3) is 0 Å². The van der Waals surface area contributed by atoms with E-state index in [4.69, 9.17) is 16.3 Å². The summed E-state index contributed by atoms with van der Waals surface area (Å²) in [4.78, 5) is 0. The molecule has 0 fully saturated rings. The van der Waals surface area contributed by atoms with Gasteiger partial charge < -0.3 is 10.1 Å². The van der Waals surface area contributed by atoms with Crippen LogP contribution in [0, 0.1) is 11.6 Å². The molecule has 0 aromatic heterocycles. The Bertz CT molecular complexity index is 613. The summed E-state index contributed by atoms with van der Waals surface area (Å²) in [6, 6.07) is 8.88. The Labute approximate surface area is 114 Å². The molecule has 2 aromatic carbocycles. The molecule has 0 radical (unpaired) electrons.